The van der Waals surface area contributed by atoms with Gasteiger partial charge in [0.15, 0.2) is 0 Å². The lowest BCUT2D eigenvalue weighted by atomic mass is 9.86. The van der Waals surface area contributed by atoms with Gasteiger partial charge in [-0.15, -0.1) is 0 Å². The Morgan fingerprint density at radius 3 is 2.33 bits per heavy atom. The highest BCUT2D eigenvalue weighted by Gasteiger charge is 2.35. The van der Waals surface area contributed by atoms with E-state index in [0.717, 1.165) is 25.7 Å². The Bertz CT molecular complexity index is 818. The number of carboxylic acid groups (broad SMARTS) is 1. The molecule has 0 aromatic heterocycles. The first-order valence-electron chi connectivity index (χ1n) is 11.1. The molecule has 2 rings (SSSR count). The van der Waals surface area contributed by atoms with E-state index in [9.17, 15) is 29.4 Å². The van der Waals surface area contributed by atoms with Crippen molar-refractivity contribution in [1.29, 1.82) is 0 Å². The Morgan fingerprint density at radius 2 is 1.73 bits per heavy atom. The van der Waals surface area contributed by atoms with E-state index < -0.39 is 48.5 Å². The standard InChI is InChI=1S/C23H33N3O7/c1-14-8-6-7-11-17(14)24-20(28)18(12-27)25-21(29)19(15(2)22(30)31)26-23(32)33-13-16-9-4-3-5-10-16/h3-5,9-10,14-15,17-19,27H,6-8,11-13H2,1-2H3,(H,24,28)(H,25,29)(H,26,32)(H,30,31)/t14-,15?,17-,18-,19+/m1/s1. The second-order valence-corrected chi connectivity index (χ2v) is 8.43. The fourth-order valence-electron chi connectivity index (χ4n) is 3.72. The van der Waals surface area contributed by atoms with Gasteiger partial charge in [-0.25, -0.2) is 4.79 Å². The Labute approximate surface area is 193 Å². The second-order valence-electron chi connectivity index (χ2n) is 8.43. The molecule has 1 unspecified atom stereocenters. The summed E-state index contributed by atoms with van der Waals surface area (Å²) >= 11 is 0. The zero-order chi connectivity index (χ0) is 24.4. The first-order valence-corrected chi connectivity index (χ1v) is 11.1. The summed E-state index contributed by atoms with van der Waals surface area (Å²) in [5.41, 5.74) is 0.717. The quantitative estimate of drug-likeness (QED) is 0.349. The molecule has 1 aromatic carbocycles. The highest BCUT2D eigenvalue weighted by atomic mass is 16.5. The van der Waals surface area contributed by atoms with Gasteiger partial charge in [0, 0.05) is 6.04 Å². The third kappa shape index (κ3) is 8.05. The highest BCUT2D eigenvalue weighted by molar-refractivity contribution is 5.94. The molecule has 182 valence electrons. The van der Waals surface area contributed by atoms with E-state index in [0.29, 0.717) is 5.56 Å². The van der Waals surface area contributed by atoms with Crippen molar-refractivity contribution in [1.82, 2.24) is 16.0 Å². The van der Waals surface area contributed by atoms with E-state index in [1.165, 1.54) is 6.92 Å². The van der Waals surface area contributed by atoms with Crippen LogP contribution in [0.3, 0.4) is 0 Å². The van der Waals surface area contributed by atoms with E-state index in [4.69, 9.17) is 4.74 Å². The predicted octanol–water partition coefficient (Wildman–Crippen LogP) is 1.17. The molecule has 10 nitrogen and oxygen atoms in total. The summed E-state index contributed by atoms with van der Waals surface area (Å²) in [5.74, 6) is -3.82. The fraction of sp³-hybridized carbons (Fsp3) is 0.565. The summed E-state index contributed by atoms with van der Waals surface area (Å²) in [4.78, 5) is 49.1. The molecule has 33 heavy (non-hydrogen) atoms. The van der Waals surface area contributed by atoms with Crippen LogP contribution in [0.1, 0.15) is 45.1 Å². The second kappa shape index (κ2) is 12.8. The minimum Gasteiger partial charge on any atom is -0.481 e. The first-order chi connectivity index (χ1) is 15.7. The van der Waals surface area contributed by atoms with Crippen LogP contribution in [0.15, 0.2) is 30.3 Å². The number of amides is 3. The number of hydrogen-bond donors (Lipinski definition) is 5. The third-order valence-electron chi connectivity index (χ3n) is 5.91. The molecule has 0 spiro atoms. The lowest BCUT2D eigenvalue weighted by molar-refractivity contribution is -0.145. The van der Waals surface area contributed by atoms with Gasteiger partial charge in [0.25, 0.3) is 0 Å². The zero-order valence-electron chi connectivity index (χ0n) is 19.0. The molecule has 0 radical (unpaired) electrons. The van der Waals surface area contributed by atoms with Crippen LogP contribution in [0.4, 0.5) is 4.79 Å². The van der Waals surface area contributed by atoms with Crippen molar-refractivity contribution in [2.45, 2.75) is 64.3 Å². The molecule has 0 bridgehead atoms. The van der Waals surface area contributed by atoms with Gasteiger partial charge in [0.1, 0.15) is 18.7 Å². The van der Waals surface area contributed by atoms with Crippen LogP contribution in [-0.2, 0) is 25.7 Å². The van der Waals surface area contributed by atoms with Gasteiger partial charge in [0.2, 0.25) is 11.8 Å². The van der Waals surface area contributed by atoms with Gasteiger partial charge in [0.05, 0.1) is 12.5 Å². The summed E-state index contributed by atoms with van der Waals surface area (Å²) in [7, 11) is 0. The number of carboxylic acids is 1. The zero-order valence-corrected chi connectivity index (χ0v) is 19.0. The van der Waals surface area contributed by atoms with Gasteiger partial charge in [-0.3, -0.25) is 14.4 Å². The fourth-order valence-corrected chi connectivity index (χ4v) is 3.72. The van der Waals surface area contributed by atoms with E-state index in [2.05, 4.69) is 16.0 Å². The van der Waals surface area contributed by atoms with Crippen LogP contribution in [0, 0.1) is 11.8 Å². The summed E-state index contributed by atoms with van der Waals surface area (Å²) in [6.07, 6.45) is 2.89. The third-order valence-corrected chi connectivity index (χ3v) is 5.91. The number of aliphatic hydroxyl groups is 1. The van der Waals surface area contributed by atoms with Crippen LogP contribution in [0.2, 0.25) is 0 Å². The Kier molecular flexibility index (Phi) is 10.1. The van der Waals surface area contributed by atoms with E-state index in [-0.39, 0.29) is 18.6 Å². The van der Waals surface area contributed by atoms with Crippen LogP contribution in [0.5, 0.6) is 0 Å². The topological polar surface area (TPSA) is 154 Å². The van der Waals surface area contributed by atoms with Crippen LogP contribution >= 0.6 is 0 Å². The van der Waals surface area contributed by atoms with Crippen molar-refractivity contribution in [3.05, 3.63) is 35.9 Å². The van der Waals surface area contributed by atoms with Gasteiger partial charge in [-0.2, -0.15) is 0 Å². The van der Waals surface area contributed by atoms with Gasteiger partial charge in [-0.05, 0) is 31.2 Å². The van der Waals surface area contributed by atoms with Crippen molar-refractivity contribution in [3.63, 3.8) is 0 Å². The molecular weight excluding hydrogens is 430 g/mol. The molecule has 0 heterocycles. The average molecular weight is 464 g/mol. The highest BCUT2D eigenvalue weighted by Crippen LogP contribution is 2.23. The van der Waals surface area contributed by atoms with Gasteiger partial charge < -0.3 is 30.9 Å². The number of nitrogens with one attached hydrogen (secondary N) is 3. The van der Waals surface area contributed by atoms with Crippen molar-refractivity contribution in [3.8, 4) is 0 Å². The van der Waals surface area contributed by atoms with Crippen LogP contribution in [0.25, 0.3) is 0 Å². The largest absolute Gasteiger partial charge is 0.481 e. The monoisotopic (exact) mass is 463 g/mol. The smallest absolute Gasteiger partial charge is 0.408 e. The molecule has 1 aromatic rings. The van der Waals surface area contributed by atoms with Gasteiger partial charge in [-0.1, -0.05) is 50.1 Å². The molecule has 10 heteroatoms. The summed E-state index contributed by atoms with van der Waals surface area (Å²) in [6.45, 7) is 2.54. The molecule has 0 saturated heterocycles. The van der Waals surface area contributed by atoms with Crippen molar-refractivity contribution >= 4 is 23.9 Å². The predicted molar refractivity (Wildman–Crippen MR) is 119 cm³/mol. The SMILES string of the molecule is CC(C(=O)O)[C@H](NC(=O)OCc1ccccc1)C(=O)N[C@H](CO)C(=O)N[C@@H]1CCCC[C@H]1C. The minimum atomic E-state index is -1.51. The van der Waals surface area contributed by atoms with Crippen molar-refractivity contribution < 1.29 is 34.1 Å². The lowest BCUT2D eigenvalue weighted by Gasteiger charge is -2.31. The minimum absolute atomic E-state index is 0.0583. The number of ether oxygens (including phenoxy) is 1. The number of rotatable bonds is 10. The number of alkyl carbamates (subject to hydrolysis) is 1. The molecule has 1 aliphatic carbocycles. The normalized spacial score (nSPS) is 20.6. The molecule has 1 fully saturated rings. The Morgan fingerprint density at radius 1 is 1.06 bits per heavy atom. The summed E-state index contributed by atoms with van der Waals surface area (Å²) < 4.78 is 5.08. The van der Waals surface area contributed by atoms with Crippen LogP contribution in [-0.4, -0.2) is 58.8 Å². The van der Waals surface area contributed by atoms with E-state index in [1.807, 2.05) is 6.92 Å². The maximum absolute atomic E-state index is 12.8. The molecular formula is C23H33N3O7. The number of aliphatic hydroxyl groups excluding tert-OH is 1. The molecule has 3 amide bonds. The van der Waals surface area contributed by atoms with Gasteiger partial charge >= 0.3 is 12.1 Å². The number of hydrogen-bond acceptors (Lipinski definition) is 6. The first kappa shape index (κ1) is 26.1. The molecule has 5 atom stereocenters. The molecule has 1 saturated carbocycles. The number of carbonyl (C=O) groups excluding carboxylic acids is 3. The number of benzene rings is 1. The summed E-state index contributed by atoms with van der Waals surface area (Å²) in [6, 6.07) is 5.99. The number of carbonyl (C=O) groups is 4. The maximum atomic E-state index is 12.8. The van der Waals surface area contributed by atoms with Crippen LogP contribution < -0.4 is 16.0 Å². The summed E-state index contributed by atoms with van der Waals surface area (Å²) in [5, 5.41) is 26.5. The van der Waals surface area contributed by atoms with E-state index >= 15 is 0 Å². The number of aliphatic carboxylic acids is 1. The molecule has 5 N–H and O–H groups in total. The average Bonchev–Trinajstić information content (AvgIpc) is 2.81. The lowest BCUT2D eigenvalue weighted by Crippen LogP contribution is -2.59. The molecule has 0 aliphatic heterocycles. The Balaban J connectivity index is 1.99. The van der Waals surface area contributed by atoms with Crippen molar-refractivity contribution in [2.75, 3.05) is 6.61 Å². The maximum Gasteiger partial charge on any atom is 0.408 e. The molecule has 1 aliphatic rings. The van der Waals surface area contributed by atoms with E-state index in [1.54, 1.807) is 30.3 Å². The Hall–Kier alpha value is -3.14. The van der Waals surface area contributed by atoms with Crippen molar-refractivity contribution in [2.24, 2.45) is 11.8 Å².